The van der Waals surface area contributed by atoms with Crippen molar-refractivity contribution in [2.45, 2.75) is 32.2 Å². The maximum atomic E-state index is 10.1. The molecule has 2 aromatic carbocycles. The van der Waals surface area contributed by atoms with Gasteiger partial charge in [0.1, 0.15) is 11.6 Å². The van der Waals surface area contributed by atoms with E-state index in [1.165, 1.54) is 19.3 Å². The van der Waals surface area contributed by atoms with Gasteiger partial charge in [-0.25, -0.2) is 9.97 Å². The molecule has 0 amide bonds. The van der Waals surface area contributed by atoms with E-state index in [4.69, 9.17) is 4.98 Å². The maximum Gasteiger partial charge on any atom is 0.165 e. The number of phenolic OH excluding ortho intramolecular Hbond substituents is 1. The van der Waals surface area contributed by atoms with Crippen LogP contribution < -0.4 is 5.32 Å². The highest BCUT2D eigenvalue weighted by atomic mass is 16.3. The van der Waals surface area contributed by atoms with Crippen LogP contribution in [-0.4, -0.2) is 21.1 Å². The molecular formula is C19H19N3O. The van der Waals surface area contributed by atoms with E-state index in [9.17, 15) is 5.11 Å². The van der Waals surface area contributed by atoms with Gasteiger partial charge >= 0.3 is 0 Å². The maximum absolute atomic E-state index is 10.1. The zero-order valence-electron chi connectivity index (χ0n) is 13.1. The lowest BCUT2D eigenvalue weighted by molar-refractivity contribution is 0.445. The molecule has 0 aliphatic heterocycles. The number of rotatable bonds is 3. The van der Waals surface area contributed by atoms with Crippen molar-refractivity contribution in [2.75, 3.05) is 5.32 Å². The molecule has 1 saturated carbocycles. The zero-order chi connectivity index (χ0) is 15.8. The fourth-order valence-corrected chi connectivity index (χ4v) is 2.88. The quantitative estimate of drug-likeness (QED) is 0.758. The first-order valence-electron chi connectivity index (χ1n) is 8.04. The van der Waals surface area contributed by atoms with Gasteiger partial charge in [-0.05, 0) is 56.0 Å². The summed E-state index contributed by atoms with van der Waals surface area (Å²) in [6.07, 6.45) is 3.64. The smallest absolute Gasteiger partial charge is 0.165 e. The van der Waals surface area contributed by atoms with E-state index in [1.54, 1.807) is 12.1 Å². The third-order valence-electron chi connectivity index (χ3n) is 4.44. The van der Waals surface area contributed by atoms with E-state index in [0.29, 0.717) is 17.4 Å². The first kappa shape index (κ1) is 14.0. The van der Waals surface area contributed by atoms with Crippen LogP contribution >= 0.6 is 0 Å². The van der Waals surface area contributed by atoms with Crippen LogP contribution in [0.5, 0.6) is 5.75 Å². The summed E-state index contributed by atoms with van der Waals surface area (Å²) in [5.74, 6) is 1.62. The summed E-state index contributed by atoms with van der Waals surface area (Å²) >= 11 is 0. The summed E-state index contributed by atoms with van der Waals surface area (Å²) in [4.78, 5) is 9.37. The van der Waals surface area contributed by atoms with Crippen LogP contribution in [0.2, 0.25) is 0 Å². The van der Waals surface area contributed by atoms with Crippen molar-refractivity contribution in [3.63, 3.8) is 0 Å². The monoisotopic (exact) mass is 305 g/mol. The lowest BCUT2D eigenvalue weighted by Gasteiger charge is -2.27. The van der Waals surface area contributed by atoms with Crippen LogP contribution in [0.25, 0.3) is 22.3 Å². The number of para-hydroxylation sites is 1. The van der Waals surface area contributed by atoms with Crippen LogP contribution in [0.1, 0.15) is 24.8 Å². The van der Waals surface area contributed by atoms with Gasteiger partial charge in [0, 0.05) is 11.4 Å². The molecule has 0 atom stereocenters. The third kappa shape index (κ3) is 2.61. The molecular weight excluding hydrogens is 286 g/mol. The van der Waals surface area contributed by atoms with Crippen LogP contribution in [0.15, 0.2) is 42.5 Å². The molecule has 23 heavy (non-hydrogen) atoms. The van der Waals surface area contributed by atoms with Gasteiger partial charge in [0.15, 0.2) is 5.82 Å². The van der Waals surface area contributed by atoms with E-state index in [2.05, 4.69) is 35.4 Å². The lowest BCUT2D eigenvalue weighted by Crippen LogP contribution is -2.27. The van der Waals surface area contributed by atoms with Gasteiger partial charge in [-0.3, -0.25) is 0 Å². The fraction of sp³-hybridized carbons (Fsp3) is 0.263. The second kappa shape index (κ2) is 5.54. The number of nitrogens with zero attached hydrogens (tertiary/aromatic N) is 2. The van der Waals surface area contributed by atoms with Gasteiger partial charge in [-0.2, -0.15) is 0 Å². The van der Waals surface area contributed by atoms with Crippen LogP contribution in [0.3, 0.4) is 0 Å². The predicted octanol–water partition coefficient (Wildman–Crippen LogP) is 4.28. The predicted molar refractivity (Wildman–Crippen MR) is 92.6 cm³/mol. The minimum absolute atomic E-state index is 0.203. The molecule has 0 bridgehead atoms. The van der Waals surface area contributed by atoms with E-state index >= 15 is 0 Å². The summed E-state index contributed by atoms with van der Waals surface area (Å²) in [7, 11) is 0. The first-order valence-corrected chi connectivity index (χ1v) is 8.04. The van der Waals surface area contributed by atoms with Crippen molar-refractivity contribution in [3.8, 4) is 17.1 Å². The Morgan fingerprint density at radius 2 is 1.91 bits per heavy atom. The highest BCUT2D eigenvalue weighted by Crippen LogP contribution is 2.32. The molecule has 3 aromatic rings. The van der Waals surface area contributed by atoms with Gasteiger partial charge in [-0.1, -0.05) is 18.2 Å². The number of fused-ring (bicyclic) bond motifs is 1. The number of phenols is 1. The second-order valence-electron chi connectivity index (χ2n) is 6.21. The Morgan fingerprint density at radius 3 is 2.65 bits per heavy atom. The van der Waals surface area contributed by atoms with Crippen molar-refractivity contribution >= 4 is 16.7 Å². The summed E-state index contributed by atoms with van der Waals surface area (Å²) in [6.45, 7) is 2.06. The molecule has 116 valence electrons. The Bertz CT molecular complexity index is 872. The van der Waals surface area contributed by atoms with Crippen molar-refractivity contribution in [3.05, 3.63) is 48.0 Å². The lowest BCUT2D eigenvalue weighted by atomic mass is 9.93. The molecule has 1 heterocycles. The average molecular weight is 305 g/mol. The summed E-state index contributed by atoms with van der Waals surface area (Å²) in [5, 5.41) is 14.7. The molecule has 1 aromatic heterocycles. The minimum Gasteiger partial charge on any atom is -0.507 e. The normalized spacial score (nSPS) is 14.7. The van der Waals surface area contributed by atoms with Crippen LogP contribution in [0, 0.1) is 6.92 Å². The van der Waals surface area contributed by atoms with E-state index in [0.717, 1.165) is 22.3 Å². The minimum atomic E-state index is 0.203. The van der Waals surface area contributed by atoms with Crippen LogP contribution in [0.4, 0.5) is 5.82 Å². The molecule has 1 aliphatic carbocycles. The van der Waals surface area contributed by atoms with Crippen molar-refractivity contribution in [1.29, 1.82) is 0 Å². The van der Waals surface area contributed by atoms with Gasteiger partial charge in [-0.15, -0.1) is 0 Å². The summed E-state index contributed by atoms with van der Waals surface area (Å²) in [6, 6.07) is 13.9. The zero-order valence-corrected chi connectivity index (χ0v) is 13.1. The van der Waals surface area contributed by atoms with E-state index < -0.39 is 0 Å². The molecule has 0 unspecified atom stereocenters. The molecule has 0 spiro atoms. The summed E-state index contributed by atoms with van der Waals surface area (Å²) in [5.41, 5.74) is 2.72. The second-order valence-corrected chi connectivity index (χ2v) is 6.21. The Labute approximate surface area is 135 Å². The van der Waals surface area contributed by atoms with Crippen molar-refractivity contribution in [1.82, 2.24) is 9.97 Å². The van der Waals surface area contributed by atoms with E-state index in [1.807, 2.05) is 12.1 Å². The number of aromatic nitrogens is 2. The number of nitrogens with one attached hydrogen (secondary N) is 1. The van der Waals surface area contributed by atoms with Crippen molar-refractivity contribution in [2.24, 2.45) is 0 Å². The highest BCUT2D eigenvalue weighted by molar-refractivity contribution is 5.91. The van der Waals surface area contributed by atoms with E-state index in [-0.39, 0.29) is 5.75 Å². The topological polar surface area (TPSA) is 58.0 Å². The Balaban J connectivity index is 1.89. The molecule has 0 radical (unpaired) electrons. The molecule has 4 rings (SSSR count). The highest BCUT2D eigenvalue weighted by Gasteiger charge is 2.20. The number of hydrogen-bond acceptors (Lipinski definition) is 4. The van der Waals surface area contributed by atoms with Gasteiger partial charge in [0.2, 0.25) is 0 Å². The Morgan fingerprint density at radius 1 is 1.09 bits per heavy atom. The molecule has 2 N–H and O–H groups in total. The molecule has 1 aliphatic rings. The Hall–Kier alpha value is -2.62. The summed E-state index contributed by atoms with van der Waals surface area (Å²) < 4.78 is 0. The van der Waals surface area contributed by atoms with Gasteiger partial charge in [0.25, 0.3) is 0 Å². The van der Waals surface area contributed by atoms with Crippen molar-refractivity contribution < 1.29 is 5.11 Å². The van der Waals surface area contributed by atoms with Gasteiger partial charge in [0.05, 0.1) is 11.1 Å². The van der Waals surface area contributed by atoms with Crippen LogP contribution in [-0.2, 0) is 0 Å². The fourth-order valence-electron chi connectivity index (χ4n) is 2.88. The average Bonchev–Trinajstić information content (AvgIpc) is 2.50. The molecule has 4 nitrogen and oxygen atoms in total. The first-order chi connectivity index (χ1) is 11.2. The number of hydrogen-bond donors (Lipinski definition) is 2. The standard InChI is InChI=1S/C19H19N3O/c1-12-9-10-14-16(11-12)21-19(15-7-2-3-8-17(15)23)22-18(14)20-13-5-4-6-13/h2-3,7-11,13,23H,4-6H2,1H3,(H,20,21,22). The number of anilines is 1. The van der Waals surface area contributed by atoms with Gasteiger partial charge < -0.3 is 10.4 Å². The number of benzene rings is 2. The molecule has 0 saturated heterocycles. The molecule has 4 heteroatoms. The SMILES string of the molecule is Cc1ccc2c(NC3CCC3)nc(-c3ccccc3O)nc2c1. The number of aryl methyl sites for hydroxylation is 1. The third-order valence-corrected chi connectivity index (χ3v) is 4.44. The Kier molecular flexibility index (Phi) is 3.37. The molecule has 1 fully saturated rings. The number of aromatic hydroxyl groups is 1. The largest absolute Gasteiger partial charge is 0.507 e.